The lowest BCUT2D eigenvalue weighted by molar-refractivity contribution is 0.241. The van der Waals surface area contributed by atoms with Crippen molar-refractivity contribution >= 4 is 0 Å². The van der Waals surface area contributed by atoms with E-state index in [1.54, 1.807) is 0 Å². The van der Waals surface area contributed by atoms with Crippen molar-refractivity contribution in [3.8, 4) is 0 Å². The van der Waals surface area contributed by atoms with E-state index in [1.165, 1.54) is 89.9 Å². The Morgan fingerprint density at radius 2 is 0.950 bits per heavy atom. The van der Waals surface area contributed by atoms with Crippen molar-refractivity contribution in [2.45, 2.75) is 110 Å². The highest BCUT2D eigenvalue weighted by Crippen LogP contribution is 2.21. The van der Waals surface area contributed by atoms with Crippen LogP contribution in [-0.4, -0.2) is 11.7 Å². The van der Waals surface area contributed by atoms with Crippen LogP contribution in [0.1, 0.15) is 110 Å². The van der Waals surface area contributed by atoms with Gasteiger partial charge in [-0.15, -0.1) is 0 Å². The summed E-state index contributed by atoms with van der Waals surface area (Å²) in [6, 6.07) is 0. The van der Waals surface area contributed by atoms with Crippen LogP contribution in [0.4, 0.5) is 0 Å². The first kappa shape index (κ1) is 20.0. The molecule has 0 rings (SSSR count). The molecule has 0 aliphatic carbocycles. The maximum absolute atomic E-state index is 9.18. The van der Waals surface area contributed by atoms with Crippen LogP contribution in [0.3, 0.4) is 0 Å². The number of rotatable bonds is 16. The predicted octanol–water partition coefficient (Wildman–Crippen LogP) is 6.49. The molecule has 0 aromatic rings. The van der Waals surface area contributed by atoms with Crippen molar-refractivity contribution in [1.29, 1.82) is 0 Å². The van der Waals surface area contributed by atoms with E-state index in [4.69, 9.17) is 0 Å². The molecule has 122 valence electrons. The molecule has 0 saturated carbocycles. The maximum atomic E-state index is 9.18. The first-order chi connectivity index (χ1) is 9.85. The summed E-state index contributed by atoms with van der Waals surface area (Å²) in [6.45, 7) is 4.94. The van der Waals surface area contributed by atoms with Gasteiger partial charge >= 0.3 is 0 Å². The molecule has 0 aliphatic rings. The third kappa shape index (κ3) is 14.4. The van der Waals surface area contributed by atoms with E-state index in [9.17, 15) is 5.11 Å². The zero-order valence-electron chi connectivity index (χ0n) is 14.3. The predicted molar refractivity (Wildman–Crippen MR) is 91.2 cm³/mol. The Hall–Kier alpha value is -0.0400. The lowest BCUT2D eigenvalue weighted by Gasteiger charge is -2.15. The van der Waals surface area contributed by atoms with E-state index < -0.39 is 0 Å². The second-order valence-corrected chi connectivity index (χ2v) is 6.49. The molecular weight excluding hydrogens is 244 g/mol. The number of aliphatic hydroxyl groups excluding tert-OH is 1. The SMILES string of the molecule is CCCCCCCCCC(CCO)CCCCCCC. The van der Waals surface area contributed by atoms with E-state index in [-0.39, 0.29) is 0 Å². The van der Waals surface area contributed by atoms with Crippen LogP contribution in [-0.2, 0) is 0 Å². The Kier molecular flexibility index (Phi) is 17.0. The number of aliphatic hydroxyl groups is 1. The van der Waals surface area contributed by atoms with Gasteiger partial charge in [0, 0.05) is 6.61 Å². The quantitative estimate of drug-likeness (QED) is 0.321. The summed E-state index contributed by atoms with van der Waals surface area (Å²) in [6.07, 6.45) is 20.4. The van der Waals surface area contributed by atoms with Gasteiger partial charge in [-0.3, -0.25) is 0 Å². The van der Waals surface area contributed by atoms with Crippen LogP contribution in [0, 0.1) is 5.92 Å². The molecule has 1 atom stereocenters. The van der Waals surface area contributed by atoms with Crippen LogP contribution >= 0.6 is 0 Å². The summed E-state index contributed by atoms with van der Waals surface area (Å²) in [5.74, 6) is 0.789. The van der Waals surface area contributed by atoms with Crippen LogP contribution in [0.2, 0.25) is 0 Å². The van der Waals surface area contributed by atoms with Crippen LogP contribution in [0.25, 0.3) is 0 Å². The molecule has 0 radical (unpaired) electrons. The summed E-state index contributed by atoms with van der Waals surface area (Å²) in [5.41, 5.74) is 0. The molecule has 0 heterocycles. The topological polar surface area (TPSA) is 20.2 Å². The fraction of sp³-hybridized carbons (Fsp3) is 1.00. The lowest BCUT2D eigenvalue weighted by Crippen LogP contribution is -2.03. The van der Waals surface area contributed by atoms with E-state index in [2.05, 4.69) is 13.8 Å². The molecule has 0 saturated heterocycles. The molecule has 1 unspecified atom stereocenters. The molecule has 20 heavy (non-hydrogen) atoms. The molecule has 1 nitrogen and oxygen atoms in total. The van der Waals surface area contributed by atoms with Gasteiger partial charge in [0.15, 0.2) is 0 Å². The van der Waals surface area contributed by atoms with Crippen molar-refractivity contribution in [2.75, 3.05) is 6.61 Å². The molecule has 0 aromatic carbocycles. The van der Waals surface area contributed by atoms with Gasteiger partial charge in [0.1, 0.15) is 0 Å². The zero-order chi connectivity index (χ0) is 14.9. The van der Waals surface area contributed by atoms with Gasteiger partial charge in [0.2, 0.25) is 0 Å². The molecule has 1 N–H and O–H groups in total. The van der Waals surface area contributed by atoms with Gasteiger partial charge in [-0.1, -0.05) is 104 Å². The third-order valence-electron chi connectivity index (χ3n) is 4.47. The van der Waals surface area contributed by atoms with Crippen molar-refractivity contribution < 1.29 is 5.11 Å². The minimum absolute atomic E-state index is 0.385. The molecule has 0 aromatic heterocycles. The second kappa shape index (κ2) is 17.0. The Labute approximate surface area is 128 Å². The molecule has 0 fully saturated rings. The number of unbranched alkanes of at least 4 members (excludes halogenated alkanes) is 10. The average molecular weight is 285 g/mol. The summed E-state index contributed by atoms with van der Waals surface area (Å²) in [7, 11) is 0. The van der Waals surface area contributed by atoms with Crippen LogP contribution < -0.4 is 0 Å². The summed E-state index contributed by atoms with van der Waals surface area (Å²) in [5, 5.41) is 9.18. The van der Waals surface area contributed by atoms with Crippen LogP contribution in [0.15, 0.2) is 0 Å². The van der Waals surface area contributed by atoms with Crippen LogP contribution in [0.5, 0.6) is 0 Å². The highest BCUT2D eigenvalue weighted by molar-refractivity contribution is 4.60. The molecule has 0 aliphatic heterocycles. The van der Waals surface area contributed by atoms with Crippen molar-refractivity contribution in [3.63, 3.8) is 0 Å². The van der Waals surface area contributed by atoms with E-state index in [0.29, 0.717) is 6.61 Å². The number of hydrogen-bond donors (Lipinski definition) is 1. The third-order valence-corrected chi connectivity index (χ3v) is 4.47. The summed E-state index contributed by atoms with van der Waals surface area (Å²) in [4.78, 5) is 0. The monoisotopic (exact) mass is 284 g/mol. The minimum atomic E-state index is 0.385. The lowest BCUT2D eigenvalue weighted by atomic mass is 9.92. The van der Waals surface area contributed by atoms with Gasteiger partial charge in [-0.2, -0.15) is 0 Å². The molecule has 0 spiro atoms. The first-order valence-corrected chi connectivity index (χ1v) is 9.46. The normalized spacial score (nSPS) is 12.8. The van der Waals surface area contributed by atoms with Crippen molar-refractivity contribution in [2.24, 2.45) is 5.92 Å². The Morgan fingerprint density at radius 3 is 1.35 bits per heavy atom. The fourth-order valence-corrected chi connectivity index (χ4v) is 3.04. The zero-order valence-corrected chi connectivity index (χ0v) is 14.3. The van der Waals surface area contributed by atoms with Crippen molar-refractivity contribution in [3.05, 3.63) is 0 Å². The molecule has 0 amide bonds. The Bertz CT molecular complexity index is 167. The first-order valence-electron chi connectivity index (χ1n) is 9.46. The minimum Gasteiger partial charge on any atom is -0.396 e. The van der Waals surface area contributed by atoms with E-state index >= 15 is 0 Å². The van der Waals surface area contributed by atoms with Crippen molar-refractivity contribution in [1.82, 2.24) is 0 Å². The molecule has 0 bridgehead atoms. The van der Waals surface area contributed by atoms with E-state index in [1.807, 2.05) is 0 Å². The maximum Gasteiger partial charge on any atom is 0.0433 e. The standard InChI is InChI=1S/C19H40O/c1-3-5-7-9-10-12-14-16-19(17-18-20)15-13-11-8-6-4-2/h19-20H,3-18H2,1-2H3. The van der Waals surface area contributed by atoms with Gasteiger partial charge in [-0.25, -0.2) is 0 Å². The highest BCUT2D eigenvalue weighted by atomic mass is 16.3. The van der Waals surface area contributed by atoms with Gasteiger partial charge in [0.05, 0.1) is 0 Å². The Balaban J connectivity index is 3.44. The smallest absolute Gasteiger partial charge is 0.0433 e. The summed E-state index contributed by atoms with van der Waals surface area (Å²) >= 11 is 0. The fourth-order valence-electron chi connectivity index (χ4n) is 3.04. The molecular formula is C19H40O. The molecule has 1 heteroatoms. The Morgan fingerprint density at radius 1 is 0.550 bits per heavy atom. The highest BCUT2D eigenvalue weighted by Gasteiger charge is 2.07. The average Bonchev–Trinajstić information content (AvgIpc) is 2.46. The van der Waals surface area contributed by atoms with E-state index in [0.717, 1.165) is 12.3 Å². The van der Waals surface area contributed by atoms with Gasteiger partial charge < -0.3 is 5.11 Å². The van der Waals surface area contributed by atoms with Gasteiger partial charge in [0.25, 0.3) is 0 Å². The second-order valence-electron chi connectivity index (χ2n) is 6.49. The van der Waals surface area contributed by atoms with Gasteiger partial charge in [-0.05, 0) is 12.3 Å². The summed E-state index contributed by atoms with van der Waals surface area (Å²) < 4.78 is 0. The largest absolute Gasteiger partial charge is 0.396 e. The number of hydrogen-bond acceptors (Lipinski definition) is 1.